The first kappa shape index (κ1) is 10.8. The average Bonchev–Trinajstić information content (AvgIpc) is 2.04. The molecule has 13 heavy (non-hydrogen) atoms. The number of hydrogen-bond donors (Lipinski definition) is 0. The van der Waals surface area contributed by atoms with Gasteiger partial charge in [-0.25, -0.2) is 0 Å². The van der Waals surface area contributed by atoms with Crippen molar-refractivity contribution in [2.75, 3.05) is 20.6 Å². The molecule has 0 bridgehead atoms. The van der Waals surface area contributed by atoms with E-state index in [1.165, 1.54) is 50.6 Å². The third kappa shape index (κ3) is 3.95. The lowest BCUT2D eigenvalue weighted by Crippen LogP contribution is -2.23. The first-order chi connectivity index (χ1) is 6.20. The van der Waals surface area contributed by atoms with Crippen molar-refractivity contribution in [2.45, 2.75) is 38.5 Å². The Hall–Kier alpha value is -0.300. The topological polar surface area (TPSA) is 3.24 Å². The summed E-state index contributed by atoms with van der Waals surface area (Å²) in [6.07, 6.45) is 8.22. The SMILES string of the molecule is C=C1CCCCCCC1CN(C)C. The zero-order valence-electron chi connectivity index (χ0n) is 9.18. The molecule has 1 rings (SSSR count). The zero-order valence-corrected chi connectivity index (χ0v) is 9.18. The summed E-state index contributed by atoms with van der Waals surface area (Å²) in [6, 6.07) is 0. The molecule has 0 radical (unpaired) electrons. The Morgan fingerprint density at radius 3 is 2.62 bits per heavy atom. The molecule has 0 saturated heterocycles. The Bertz CT molecular complexity index is 161. The van der Waals surface area contributed by atoms with E-state index in [1.807, 2.05) is 0 Å². The lowest BCUT2D eigenvalue weighted by Gasteiger charge is -2.25. The highest BCUT2D eigenvalue weighted by molar-refractivity contribution is 5.02. The molecule has 1 fully saturated rings. The molecule has 76 valence electrons. The van der Waals surface area contributed by atoms with Crippen LogP contribution in [0.5, 0.6) is 0 Å². The van der Waals surface area contributed by atoms with Gasteiger partial charge in [0, 0.05) is 6.54 Å². The fourth-order valence-corrected chi connectivity index (χ4v) is 2.17. The lowest BCUT2D eigenvalue weighted by molar-refractivity contribution is 0.321. The van der Waals surface area contributed by atoms with Crippen LogP contribution in [-0.2, 0) is 0 Å². The smallest absolute Gasteiger partial charge is 0.00408 e. The van der Waals surface area contributed by atoms with Crippen molar-refractivity contribution in [1.82, 2.24) is 4.90 Å². The Labute approximate surface area is 82.8 Å². The van der Waals surface area contributed by atoms with Crippen LogP contribution in [0.25, 0.3) is 0 Å². The van der Waals surface area contributed by atoms with Crippen LogP contribution in [-0.4, -0.2) is 25.5 Å². The van der Waals surface area contributed by atoms with Crippen LogP contribution in [0.3, 0.4) is 0 Å². The van der Waals surface area contributed by atoms with Crippen molar-refractivity contribution >= 4 is 0 Å². The Balaban J connectivity index is 2.41. The molecule has 0 heterocycles. The normalized spacial score (nSPS) is 25.8. The minimum Gasteiger partial charge on any atom is -0.309 e. The second-order valence-corrected chi connectivity index (χ2v) is 4.57. The van der Waals surface area contributed by atoms with Crippen LogP contribution >= 0.6 is 0 Å². The van der Waals surface area contributed by atoms with Crippen LogP contribution in [0.1, 0.15) is 38.5 Å². The van der Waals surface area contributed by atoms with Gasteiger partial charge in [-0.05, 0) is 39.3 Å². The first-order valence-electron chi connectivity index (χ1n) is 5.52. The molecule has 0 aliphatic heterocycles. The summed E-state index contributed by atoms with van der Waals surface area (Å²) in [7, 11) is 4.32. The van der Waals surface area contributed by atoms with Gasteiger partial charge in [0.25, 0.3) is 0 Å². The third-order valence-corrected chi connectivity index (χ3v) is 2.96. The summed E-state index contributed by atoms with van der Waals surface area (Å²) < 4.78 is 0. The second kappa shape index (κ2) is 5.43. The summed E-state index contributed by atoms with van der Waals surface area (Å²) in [4.78, 5) is 2.29. The quantitative estimate of drug-likeness (QED) is 0.592. The highest BCUT2D eigenvalue weighted by atomic mass is 15.1. The zero-order chi connectivity index (χ0) is 9.68. The summed E-state index contributed by atoms with van der Waals surface area (Å²) in [5.74, 6) is 0.760. The van der Waals surface area contributed by atoms with Gasteiger partial charge < -0.3 is 4.90 Å². The van der Waals surface area contributed by atoms with Gasteiger partial charge in [-0.3, -0.25) is 0 Å². The van der Waals surface area contributed by atoms with E-state index in [1.54, 1.807) is 0 Å². The lowest BCUT2D eigenvalue weighted by atomic mass is 9.87. The summed E-state index contributed by atoms with van der Waals surface area (Å²) in [6.45, 7) is 5.42. The van der Waals surface area contributed by atoms with Crippen molar-refractivity contribution in [1.29, 1.82) is 0 Å². The highest BCUT2D eigenvalue weighted by Gasteiger charge is 2.15. The molecule has 0 spiro atoms. The number of rotatable bonds is 2. The number of nitrogens with zero attached hydrogens (tertiary/aromatic N) is 1. The van der Waals surface area contributed by atoms with Crippen LogP contribution in [0.4, 0.5) is 0 Å². The average molecular weight is 181 g/mol. The van der Waals surface area contributed by atoms with Crippen molar-refractivity contribution in [3.63, 3.8) is 0 Å². The van der Waals surface area contributed by atoms with E-state index in [2.05, 4.69) is 25.6 Å². The molecule has 1 heteroatoms. The number of hydrogen-bond acceptors (Lipinski definition) is 1. The van der Waals surface area contributed by atoms with Gasteiger partial charge in [0.05, 0.1) is 0 Å². The van der Waals surface area contributed by atoms with Crippen molar-refractivity contribution in [3.8, 4) is 0 Å². The van der Waals surface area contributed by atoms with E-state index in [0.717, 1.165) is 5.92 Å². The van der Waals surface area contributed by atoms with E-state index in [9.17, 15) is 0 Å². The van der Waals surface area contributed by atoms with E-state index >= 15 is 0 Å². The molecule has 1 saturated carbocycles. The first-order valence-corrected chi connectivity index (χ1v) is 5.52. The Morgan fingerprint density at radius 1 is 1.23 bits per heavy atom. The third-order valence-electron chi connectivity index (χ3n) is 2.96. The molecule has 1 atom stereocenters. The van der Waals surface area contributed by atoms with Gasteiger partial charge in [0.15, 0.2) is 0 Å². The molecule has 1 aliphatic rings. The highest BCUT2D eigenvalue weighted by Crippen LogP contribution is 2.26. The van der Waals surface area contributed by atoms with Crippen LogP contribution in [0.2, 0.25) is 0 Å². The van der Waals surface area contributed by atoms with E-state index in [0.29, 0.717) is 0 Å². The summed E-state index contributed by atoms with van der Waals surface area (Å²) >= 11 is 0. The van der Waals surface area contributed by atoms with Crippen LogP contribution < -0.4 is 0 Å². The summed E-state index contributed by atoms with van der Waals surface area (Å²) in [5, 5.41) is 0. The molecular weight excluding hydrogens is 158 g/mol. The van der Waals surface area contributed by atoms with E-state index in [-0.39, 0.29) is 0 Å². The van der Waals surface area contributed by atoms with E-state index in [4.69, 9.17) is 0 Å². The molecule has 0 aromatic rings. The fourth-order valence-electron chi connectivity index (χ4n) is 2.17. The second-order valence-electron chi connectivity index (χ2n) is 4.57. The van der Waals surface area contributed by atoms with Crippen molar-refractivity contribution in [2.24, 2.45) is 5.92 Å². The minimum atomic E-state index is 0.760. The Morgan fingerprint density at radius 2 is 1.92 bits per heavy atom. The molecule has 0 aromatic carbocycles. The van der Waals surface area contributed by atoms with Crippen LogP contribution in [0.15, 0.2) is 12.2 Å². The van der Waals surface area contributed by atoms with Gasteiger partial charge in [-0.2, -0.15) is 0 Å². The molecule has 0 aromatic heterocycles. The Kier molecular flexibility index (Phi) is 4.51. The van der Waals surface area contributed by atoms with Crippen molar-refractivity contribution in [3.05, 3.63) is 12.2 Å². The van der Waals surface area contributed by atoms with Gasteiger partial charge in [-0.15, -0.1) is 0 Å². The minimum absolute atomic E-state index is 0.760. The van der Waals surface area contributed by atoms with E-state index < -0.39 is 0 Å². The molecule has 1 unspecified atom stereocenters. The molecule has 1 nitrogen and oxygen atoms in total. The van der Waals surface area contributed by atoms with Gasteiger partial charge in [-0.1, -0.05) is 31.4 Å². The van der Waals surface area contributed by atoms with Gasteiger partial charge >= 0.3 is 0 Å². The molecule has 0 amide bonds. The predicted molar refractivity (Wildman–Crippen MR) is 58.9 cm³/mol. The largest absolute Gasteiger partial charge is 0.309 e. The maximum Gasteiger partial charge on any atom is 0.00408 e. The fraction of sp³-hybridized carbons (Fsp3) is 0.833. The molecule has 0 N–H and O–H groups in total. The molecule has 1 aliphatic carbocycles. The maximum absolute atomic E-state index is 4.22. The maximum atomic E-state index is 4.22. The standard InChI is InChI=1S/C12H23N/c1-11-8-6-4-5-7-9-12(11)10-13(2)3/h12H,1,4-10H2,2-3H3. The van der Waals surface area contributed by atoms with Crippen molar-refractivity contribution < 1.29 is 0 Å². The van der Waals surface area contributed by atoms with Gasteiger partial charge in [0.2, 0.25) is 0 Å². The van der Waals surface area contributed by atoms with Gasteiger partial charge in [0.1, 0.15) is 0 Å². The van der Waals surface area contributed by atoms with Crippen LogP contribution in [0, 0.1) is 5.92 Å². The molecular formula is C12H23N. The summed E-state index contributed by atoms with van der Waals surface area (Å²) in [5.41, 5.74) is 1.49. The monoisotopic (exact) mass is 181 g/mol. The predicted octanol–water partition coefficient (Wildman–Crippen LogP) is 3.07.